The highest BCUT2D eigenvalue weighted by Crippen LogP contribution is 2.43. The highest BCUT2D eigenvalue weighted by atomic mass is 127. The highest BCUT2D eigenvalue weighted by Gasteiger charge is 2.34. The van der Waals surface area contributed by atoms with E-state index >= 15 is 0 Å². The van der Waals surface area contributed by atoms with E-state index in [0.29, 0.717) is 28.8 Å². The largest absolute Gasteiger partial charge is 0.487 e. The number of fused-ring (bicyclic) bond motifs is 1. The molecule has 0 spiro atoms. The molecule has 2 heterocycles. The van der Waals surface area contributed by atoms with Crippen LogP contribution in [0.3, 0.4) is 0 Å². The quantitative estimate of drug-likeness (QED) is 0.485. The number of rotatable bonds is 4. The predicted molar refractivity (Wildman–Crippen MR) is 118 cm³/mol. The van der Waals surface area contributed by atoms with Gasteiger partial charge in [-0.3, -0.25) is 5.10 Å². The molecule has 0 aliphatic carbocycles. The van der Waals surface area contributed by atoms with Crippen LogP contribution in [0.4, 0.5) is 0 Å². The number of nitrogens with one attached hydrogen (secondary N) is 1. The monoisotopic (exact) mass is 518 g/mol. The summed E-state index contributed by atoms with van der Waals surface area (Å²) in [5.41, 5.74) is 9.72. The van der Waals surface area contributed by atoms with Gasteiger partial charge in [-0.2, -0.15) is 5.26 Å². The molecule has 3 aromatic rings. The van der Waals surface area contributed by atoms with Crippen molar-refractivity contribution >= 4 is 34.2 Å². The van der Waals surface area contributed by atoms with Crippen LogP contribution < -0.4 is 15.2 Å². The third-order valence-corrected chi connectivity index (χ3v) is 5.74. The van der Waals surface area contributed by atoms with Gasteiger partial charge < -0.3 is 15.2 Å². The number of nitrogens with zero attached hydrogens (tertiary/aromatic N) is 2. The molecular weight excluding hydrogens is 503 g/mol. The Morgan fingerprint density at radius 3 is 2.76 bits per heavy atom. The van der Waals surface area contributed by atoms with Gasteiger partial charge in [0.25, 0.3) is 0 Å². The van der Waals surface area contributed by atoms with Crippen LogP contribution in [-0.2, 0) is 6.61 Å². The van der Waals surface area contributed by atoms with Gasteiger partial charge in [0.05, 0.1) is 10.9 Å². The van der Waals surface area contributed by atoms with E-state index in [0.717, 1.165) is 22.4 Å². The fourth-order valence-corrected chi connectivity index (χ4v) is 3.89. The molecule has 1 aromatic heterocycles. The molecule has 6 nitrogen and oxygen atoms in total. The lowest BCUT2D eigenvalue weighted by molar-refractivity contribution is 0.306. The van der Waals surface area contributed by atoms with Gasteiger partial charge in [-0.25, -0.2) is 0 Å². The minimum Gasteiger partial charge on any atom is -0.487 e. The van der Waals surface area contributed by atoms with Crippen molar-refractivity contribution in [3.63, 3.8) is 0 Å². The summed E-state index contributed by atoms with van der Waals surface area (Å²) in [6.07, 6.45) is 0. The second kappa shape index (κ2) is 7.97. The first-order valence-electron chi connectivity index (χ1n) is 8.77. The number of benzene rings is 2. The fourth-order valence-electron chi connectivity index (χ4n) is 3.29. The van der Waals surface area contributed by atoms with Crippen molar-refractivity contribution in [2.45, 2.75) is 19.4 Å². The second-order valence-electron chi connectivity index (χ2n) is 6.60. The number of hydrogen-bond acceptors (Lipinski definition) is 5. The van der Waals surface area contributed by atoms with Gasteiger partial charge >= 0.3 is 0 Å². The molecule has 1 atom stereocenters. The van der Waals surface area contributed by atoms with Crippen LogP contribution in [0, 0.1) is 21.8 Å². The maximum Gasteiger partial charge on any atom is 0.244 e. The summed E-state index contributed by atoms with van der Waals surface area (Å²) in [5, 5.41) is 17.1. The highest BCUT2D eigenvalue weighted by molar-refractivity contribution is 14.1. The minimum absolute atomic E-state index is 0.0478. The third kappa shape index (κ3) is 3.78. The number of aromatic nitrogens is 2. The lowest BCUT2D eigenvalue weighted by Gasteiger charge is -2.24. The lowest BCUT2D eigenvalue weighted by Crippen LogP contribution is -2.21. The summed E-state index contributed by atoms with van der Waals surface area (Å²) in [5.74, 6) is 0.580. The molecule has 3 N–H and O–H groups in total. The van der Waals surface area contributed by atoms with Gasteiger partial charge in [0.1, 0.15) is 24.0 Å². The molecule has 0 saturated carbocycles. The van der Waals surface area contributed by atoms with Gasteiger partial charge in [0.15, 0.2) is 0 Å². The van der Waals surface area contributed by atoms with Crippen LogP contribution in [0.5, 0.6) is 11.6 Å². The molecule has 0 unspecified atom stereocenters. The maximum absolute atomic E-state index is 9.64. The Hall–Kier alpha value is -2.70. The van der Waals surface area contributed by atoms with Crippen molar-refractivity contribution in [1.82, 2.24) is 10.2 Å². The van der Waals surface area contributed by atoms with Gasteiger partial charge in [-0.1, -0.05) is 29.8 Å². The fraction of sp³-hybridized carbons (Fsp3) is 0.143. The molecular formula is C21H16ClIN4O2. The zero-order valence-corrected chi connectivity index (χ0v) is 18.3. The normalized spacial score (nSPS) is 15.4. The van der Waals surface area contributed by atoms with E-state index in [9.17, 15) is 5.26 Å². The van der Waals surface area contributed by atoms with E-state index in [2.05, 4.69) is 38.9 Å². The van der Waals surface area contributed by atoms with Crippen LogP contribution in [-0.4, -0.2) is 10.2 Å². The van der Waals surface area contributed by atoms with Crippen LogP contribution in [0.15, 0.2) is 53.9 Å². The molecule has 1 aliphatic rings. The van der Waals surface area contributed by atoms with Crippen LogP contribution >= 0.6 is 34.2 Å². The first-order valence-corrected chi connectivity index (χ1v) is 10.2. The lowest BCUT2D eigenvalue weighted by atomic mass is 9.84. The average molecular weight is 519 g/mol. The summed E-state index contributed by atoms with van der Waals surface area (Å²) >= 11 is 8.76. The number of hydrogen-bond donors (Lipinski definition) is 2. The predicted octanol–water partition coefficient (Wildman–Crippen LogP) is 4.77. The van der Waals surface area contributed by atoms with Crippen LogP contribution in [0.1, 0.15) is 28.3 Å². The van der Waals surface area contributed by atoms with E-state index in [1.54, 1.807) is 12.1 Å². The van der Waals surface area contributed by atoms with Crippen LogP contribution in [0.25, 0.3) is 0 Å². The van der Waals surface area contributed by atoms with Gasteiger partial charge in [0.2, 0.25) is 11.8 Å². The third-order valence-electron chi connectivity index (χ3n) is 4.73. The van der Waals surface area contributed by atoms with Gasteiger partial charge in [-0.05, 0) is 64.9 Å². The molecule has 0 amide bonds. The smallest absolute Gasteiger partial charge is 0.244 e. The first kappa shape index (κ1) is 19.6. The first-order chi connectivity index (χ1) is 14.0. The van der Waals surface area contributed by atoms with Crippen molar-refractivity contribution in [2.24, 2.45) is 5.73 Å². The summed E-state index contributed by atoms with van der Waals surface area (Å²) in [4.78, 5) is 0. The summed E-state index contributed by atoms with van der Waals surface area (Å²) < 4.78 is 12.5. The molecule has 29 heavy (non-hydrogen) atoms. The van der Waals surface area contributed by atoms with E-state index in [1.165, 1.54) is 3.57 Å². The molecule has 0 radical (unpaired) electrons. The Bertz CT molecular complexity index is 1150. The van der Waals surface area contributed by atoms with Crippen LogP contribution in [0.2, 0.25) is 5.02 Å². The number of nitrogens with two attached hydrogens (primary N) is 1. The Balaban J connectivity index is 1.64. The Morgan fingerprint density at radius 2 is 2.07 bits per heavy atom. The van der Waals surface area contributed by atoms with Crippen molar-refractivity contribution in [1.29, 1.82) is 5.26 Å². The molecule has 0 bridgehead atoms. The maximum atomic E-state index is 9.64. The second-order valence-corrected chi connectivity index (χ2v) is 8.25. The number of aromatic amines is 1. The number of H-pyrrole nitrogens is 1. The molecule has 0 saturated heterocycles. The van der Waals surface area contributed by atoms with Crippen molar-refractivity contribution in [3.05, 3.63) is 84.9 Å². The minimum atomic E-state index is -0.412. The molecule has 1 aliphatic heterocycles. The van der Waals surface area contributed by atoms with Crippen molar-refractivity contribution in [3.8, 4) is 17.7 Å². The number of nitriles is 1. The molecule has 146 valence electrons. The van der Waals surface area contributed by atoms with Crippen molar-refractivity contribution in [2.75, 3.05) is 0 Å². The van der Waals surface area contributed by atoms with Crippen molar-refractivity contribution < 1.29 is 9.47 Å². The summed E-state index contributed by atoms with van der Waals surface area (Å²) in [6.45, 7) is 2.29. The molecule has 2 aromatic carbocycles. The Morgan fingerprint density at radius 1 is 1.31 bits per heavy atom. The van der Waals surface area contributed by atoms with E-state index in [1.807, 2.05) is 37.3 Å². The molecule has 8 heteroatoms. The number of ether oxygens (including phenoxy) is 2. The average Bonchev–Trinajstić information content (AvgIpc) is 3.07. The van der Waals surface area contributed by atoms with E-state index in [-0.39, 0.29) is 5.88 Å². The Labute approximate surface area is 186 Å². The van der Waals surface area contributed by atoms with Gasteiger partial charge in [-0.15, -0.1) is 5.10 Å². The Kier molecular flexibility index (Phi) is 5.39. The number of aryl methyl sites for hydroxylation is 1. The zero-order chi connectivity index (χ0) is 20.5. The topological polar surface area (TPSA) is 97.0 Å². The molecule has 0 fully saturated rings. The summed E-state index contributed by atoms with van der Waals surface area (Å²) in [7, 11) is 0. The number of halogens is 2. The standard InChI is InChI=1S/C21H16ClIN4O2/c1-11-18-19(15(9-24)20(25)29-21(18)27-26-11)13-4-7-17(16(22)8-13)28-10-12-2-5-14(23)6-3-12/h2-8,19H,10,25H2,1H3,(H,26,27)/t19-/m0/s1. The SMILES string of the molecule is Cc1[nH]nc2c1[C@@H](c1ccc(OCc3ccc(I)cc3)c(Cl)c1)C(C#N)=C(N)O2. The number of allylic oxidation sites excluding steroid dienone is 1. The van der Waals surface area contributed by atoms with E-state index in [4.69, 9.17) is 26.8 Å². The zero-order valence-electron chi connectivity index (χ0n) is 15.4. The van der Waals surface area contributed by atoms with E-state index < -0.39 is 5.92 Å². The van der Waals surface area contributed by atoms with Gasteiger partial charge in [0, 0.05) is 14.8 Å². The summed E-state index contributed by atoms with van der Waals surface area (Å²) in [6, 6.07) is 15.7. The molecule has 4 rings (SSSR count).